The Bertz CT molecular complexity index is 1170. The number of para-hydroxylation sites is 1. The molecule has 0 spiro atoms. The van der Waals surface area contributed by atoms with E-state index in [0.29, 0.717) is 0 Å². The quantitative estimate of drug-likeness (QED) is 0.438. The lowest BCUT2D eigenvalue weighted by Gasteiger charge is -2.29. The lowest BCUT2D eigenvalue weighted by atomic mass is 10.0. The van der Waals surface area contributed by atoms with Crippen molar-refractivity contribution in [3.05, 3.63) is 120 Å². The van der Waals surface area contributed by atoms with Gasteiger partial charge in [0, 0.05) is 29.8 Å². The Kier molecular flexibility index (Phi) is 5.26. The Balaban J connectivity index is 1.63. The number of aromatic nitrogens is 2. The number of rotatable bonds is 5. The average molecular weight is 425 g/mol. The molecule has 0 unspecified atom stereocenters. The highest BCUT2D eigenvalue weighted by molar-refractivity contribution is 7.80. The Morgan fingerprint density at radius 1 is 0.871 bits per heavy atom. The molecule has 2 atom stereocenters. The van der Waals surface area contributed by atoms with Crippen LogP contribution in [0.5, 0.6) is 0 Å². The molecule has 31 heavy (non-hydrogen) atoms. The van der Waals surface area contributed by atoms with E-state index in [1.807, 2.05) is 30.5 Å². The van der Waals surface area contributed by atoms with Crippen LogP contribution < -0.4 is 5.32 Å². The molecule has 3 heterocycles. The number of aryl methyl sites for hydroxylation is 1. The van der Waals surface area contributed by atoms with E-state index in [2.05, 4.69) is 93.4 Å². The predicted molar refractivity (Wildman–Crippen MR) is 128 cm³/mol. The Morgan fingerprint density at radius 3 is 2.29 bits per heavy atom. The fourth-order valence-corrected chi connectivity index (χ4v) is 4.70. The van der Waals surface area contributed by atoms with Gasteiger partial charge in [0.25, 0.3) is 0 Å². The normalized spacial score (nSPS) is 18.2. The first-order valence-corrected chi connectivity index (χ1v) is 10.9. The standard InChI is InChI=1S/C26H24N4S/c1-19-15-16-23(30(19)21-12-6-3-7-13-21)25-24(22-14-8-9-17-27-22)28-26(31)29(25)18-20-10-4-2-5-11-20/h2-17,24-25H,18H2,1H3,(H,28,31)/t24-,25+/m0/s1. The van der Waals surface area contributed by atoms with Crippen molar-refractivity contribution < 1.29 is 0 Å². The van der Waals surface area contributed by atoms with Gasteiger partial charge in [0.05, 0.1) is 17.8 Å². The second kappa shape index (κ2) is 8.36. The van der Waals surface area contributed by atoms with Crippen LogP contribution in [0.15, 0.2) is 97.2 Å². The van der Waals surface area contributed by atoms with E-state index >= 15 is 0 Å². The molecule has 2 aromatic carbocycles. The van der Waals surface area contributed by atoms with Gasteiger partial charge >= 0.3 is 0 Å². The topological polar surface area (TPSA) is 33.1 Å². The van der Waals surface area contributed by atoms with Crippen molar-refractivity contribution in [1.29, 1.82) is 0 Å². The van der Waals surface area contributed by atoms with Crippen LogP contribution in [0.2, 0.25) is 0 Å². The maximum atomic E-state index is 5.84. The summed E-state index contributed by atoms with van der Waals surface area (Å²) in [6, 6.07) is 31.4. The summed E-state index contributed by atoms with van der Waals surface area (Å²) in [7, 11) is 0. The highest BCUT2D eigenvalue weighted by Crippen LogP contribution is 2.41. The van der Waals surface area contributed by atoms with Crippen molar-refractivity contribution in [2.45, 2.75) is 25.6 Å². The minimum Gasteiger partial charge on any atom is -0.352 e. The average Bonchev–Trinajstić information content (AvgIpc) is 3.35. The number of hydrogen-bond acceptors (Lipinski definition) is 2. The third-order valence-electron chi connectivity index (χ3n) is 5.82. The van der Waals surface area contributed by atoms with E-state index < -0.39 is 0 Å². The molecule has 0 bridgehead atoms. The number of pyridine rings is 1. The van der Waals surface area contributed by atoms with Gasteiger partial charge in [-0.15, -0.1) is 0 Å². The Labute approximate surface area is 188 Å². The molecule has 5 rings (SSSR count). The van der Waals surface area contributed by atoms with Crippen molar-refractivity contribution >= 4 is 17.3 Å². The third kappa shape index (κ3) is 3.73. The second-order valence-electron chi connectivity index (χ2n) is 7.81. The molecule has 0 radical (unpaired) electrons. The van der Waals surface area contributed by atoms with Crippen LogP contribution in [-0.4, -0.2) is 19.6 Å². The van der Waals surface area contributed by atoms with Gasteiger partial charge < -0.3 is 14.8 Å². The molecule has 1 fully saturated rings. The highest BCUT2D eigenvalue weighted by atomic mass is 32.1. The summed E-state index contributed by atoms with van der Waals surface area (Å²) in [6.45, 7) is 2.88. The lowest BCUT2D eigenvalue weighted by molar-refractivity contribution is 0.302. The molecule has 1 aliphatic rings. The molecule has 5 heteroatoms. The maximum absolute atomic E-state index is 5.84. The first-order valence-electron chi connectivity index (χ1n) is 10.5. The van der Waals surface area contributed by atoms with Crippen molar-refractivity contribution in [2.75, 3.05) is 0 Å². The summed E-state index contributed by atoms with van der Waals surface area (Å²) < 4.78 is 2.33. The Hall–Kier alpha value is -3.44. The summed E-state index contributed by atoms with van der Waals surface area (Å²) in [5.41, 5.74) is 5.76. The van der Waals surface area contributed by atoms with E-state index in [9.17, 15) is 0 Å². The van der Waals surface area contributed by atoms with Crippen molar-refractivity contribution in [2.24, 2.45) is 0 Å². The molecule has 154 valence electrons. The van der Waals surface area contributed by atoms with Gasteiger partial charge in [0.1, 0.15) is 0 Å². The molecule has 4 aromatic rings. The first kappa shape index (κ1) is 19.5. The zero-order chi connectivity index (χ0) is 21.2. The van der Waals surface area contributed by atoms with Crippen molar-refractivity contribution in [3.8, 4) is 5.69 Å². The minimum absolute atomic E-state index is 0.0107. The van der Waals surface area contributed by atoms with Gasteiger partial charge in [-0.05, 0) is 61.1 Å². The molecule has 1 aliphatic heterocycles. The lowest BCUT2D eigenvalue weighted by Crippen LogP contribution is -2.30. The van der Waals surface area contributed by atoms with E-state index in [-0.39, 0.29) is 12.1 Å². The molecule has 0 amide bonds. The van der Waals surface area contributed by atoms with Crippen LogP contribution in [-0.2, 0) is 6.54 Å². The van der Waals surface area contributed by atoms with Crippen LogP contribution in [0, 0.1) is 6.92 Å². The van der Waals surface area contributed by atoms with E-state index in [1.165, 1.54) is 17.0 Å². The molecule has 1 saturated heterocycles. The molecule has 0 saturated carbocycles. The van der Waals surface area contributed by atoms with Gasteiger partial charge in [-0.2, -0.15) is 0 Å². The molecule has 2 aromatic heterocycles. The molecular weight excluding hydrogens is 400 g/mol. The van der Waals surface area contributed by atoms with Gasteiger partial charge in [-0.25, -0.2) is 0 Å². The highest BCUT2D eigenvalue weighted by Gasteiger charge is 2.41. The first-order chi connectivity index (χ1) is 15.2. The fraction of sp³-hybridized carbons (Fsp3) is 0.154. The molecule has 0 aliphatic carbocycles. The number of nitrogens with zero attached hydrogens (tertiary/aromatic N) is 3. The number of hydrogen-bond donors (Lipinski definition) is 1. The summed E-state index contributed by atoms with van der Waals surface area (Å²) in [4.78, 5) is 6.95. The monoisotopic (exact) mass is 424 g/mol. The summed E-state index contributed by atoms with van der Waals surface area (Å²) in [5.74, 6) is 0. The summed E-state index contributed by atoms with van der Waals surface area (Å²) in [6.07, 6.45) is 1.85. The zero-order valence-corrected chi connectivity index (χ0v) is 18.2. The van der Waals surface area contributed by atoms with E-state index in [1.54, 1.807) is 0 Å². The number of nitrogens with one attached hydrogen (secondary N) is 1. The summed E-state index contributed by atoms with van der Waals surface area (Å²) >= 11 is 5.84. The van der Waals surface area contributed by atoms with E-state index in [0.717, 1.165) is 23.0 Å². The Morgan fingerprint density at radius 2 is 1.58 bits per heavy atom. The smallest absolute Gasteiger partial charge is 0.170 e. The zero-order valence-electron chi connectivity index (χ0n) is 17.3. The van der Waals surface area contributed by atoms with Crippen LogP contribution in [0.25, 0.3) is 5.69 Å². The van der Waals surface area contributed by atoms with Gasteiger partial charge in [-0.3, -0.25) is 4.98 Å². The van der Waals surface area contributed by atoms with Crippen molar-refractivity contribution in [1.82, 2.24) is 19.8 Å². The fourth-order valence-electron chi connectivity index (χ4n) is 4.40. The van der Waals surface area contributed by atoms with Gasteiger partial charge in [-0.1, -0.05) is 54.6 Å². The number of thiocarbonyl (C=S) groups is 1. The van der Waals surface area contributed by atoms with E-state index in [4.69, 9.17) is 12.2 Å². The third-order valence-corrected chi connectivity index (χ3v) is 6.17. The SMILES string of the molecule is Cc1ccc([C@@H]2[C@H](c3ccccn3)NC(=S)N2Cc2ccccc2)n1-c1ccccc1. The maximum Gasteiger partial charge on any atom is 0.170 e. The summed E-state index contributed by atoms with van der Waals surface area (Å²) in [5, 5.41) is 4.31. The molecule has 1 N–H and O–H groups in total. The van der Waals surface area contributed by atoms with Crippen LogP contribution >= 0.6 is 12.2 Å². The van der Waals surface area contributed by atoms with Gasteiger partial charge in [0.15, 0.2) is 5.11 Å². The number of benzene rings is 2. The largest absolute Gasteiger partial charge is 0.352 e. The second-order valence-corrected chi connectivity index (χ2v) is 8.20. The molecule has 4 nitrogen and oxygen atoms in total. The van der Waals surface area contributed by atoms with Crippen LogP contribution in [0.3, 0.4) is 0 Å². The van der Waals surface area contributed by atoms with Crippen LogP contribution in [0.4, 0.5) is 0 Å². The van der Waals surface area contributed by atoms with Crippen LogP contribution in [0.1, 0.15) is 34.7 Å². The van der Waals surface area contributed by atoms with Crippen molar-refractivity contribution in [3.63, 3.8) is 0 Å². The minimum atomic E-state index is -0.0332. The predicted octanol–water partition coefficient (Wildman–Crippen LogP) is 5.35. The van der Waals surface area contributed by atoms with Gasteiger partial charge in [0.2, 0.25) is 0 Å². The molecular formula is C26H24N4S.